The van der Waals surface area contributed by atoms with Gasteiger partial charge < -0.3 is 29.6 Å². The molecule has 0 amide bonds. The lowest BCUT2D eigenvalue weighted by molar-refractivity contribution is 0.0526. The number of nitrogens with zero attached hydrogens (tertiary/aromatic N) is 2. The van der Waals surface area contributed by atoms with Crippen LogP contribution in [0.25, 0.3) is 21.5 Å². The monoisotopic (exact) mass is 616 g/mol. The standard InChI is InChI=1S/C19H18N2O3.C17H14N2O3/c1-3-24-19(23)16-12-21(2)18(22)11-17(16)20-15-9-8-13-6-4-5-7-14(13)10-15;1-19-10-14(17(21)22)15(9-16(19)20)18-13-7-6-11-4-2-3-5-12(11)8-13/h4-12,20H,3H2,1-2H3;2-10,18H,1H3,(H,21,22). The van der Waals surface area contributed by atoms with Gasteiger partial charge in [0.1, 0.15) is 0 Å². The van der Waals surface area contributed by atoms with Gasteiger partial charge in [-0.25, -0.2) is 9.59 Å². The summed E-state index contributed by atoms with van der Waals surface area (Å²) >= 11 is 0. The number of carbonyl (C=O) groups excluding carboxylic acids is 1. The Morgan fingerprint density at radius 2 is 1.09 bits per heavy atom. The number of carboxylic acid groups (broad SMARTS) is 1. The van der Waals surface area contributed by atoms with Crippen molar-refractivity contribution in [2.75, 3.05) is 17.2 Å². The number of aromatic nitrogens is 2. The van der Waals surface area contributed by atoms with Gasteiger partial charge in [0.05, 0.1) is 29.1 Å². The smallest absolute Gasteiger partial charge is 0.341 e. The first kappa shape index (κ1) is 31.3. The zero-order chi connectivity index (χ0) is 32.8. The maximum Gasteiger partial charge on any atom is 0.341 e. The molecule has 0 bridgehead atoms. The second kappa shape index (κ2) is 13.6. The maximum absolute atomic E-state index is 12.2. The number of pyridine rings is 2. The predicted octanol–water partition coefficient (Wildman–Crippen LogP) is 6.44. The lowest BCUT2D eigenvalue weighted by Gasteiger charge is -2.13. The van der Waals surface area contributed by atoms with Crippen molar-refractivity contribution in [3.05, 3.63) is 141 Å². The summed E-state index contributed by atoms with van der Waals surface area (Å²) in [5.41, 5.74) is 2.15. The lowest BCUT2D eigenvalue weighted by atomic mass is 10.1. The topological polar surface area (TPSA) is 132 Å². The molecule has 0 fully saturated rings. The number of carbonyl (C=O) groups is 2. The highest BCUT2D eigenvalue weighted by molar-refractivity contribution is 5.97. The van der Waals surface area contributed by atoms with Crippen molar-refractivity contribution in [2.45, 2.75) is 6.92 Å². The molecule has 6 aromatic rings. The molecule has 3 N–H and O–H groups in total. The van der Waals surface area contributed by atoms with Crippen LogP contribution in [0.5, 0.6) is 0 Å². The molecule has 46 heavy (non-hydrogen) atoms. The number of carboxylic acids is 1. The fraction of sp³-hybridized carbons (Fsp3) is 0.111. The van der Waals surface area contributed by atoms with Crippen molar-refractivity contribution in [3.8, 4) is 0 Å². The largest absolute Gasteiger partial charge is 0.478 e. The van der Waals surface area contributed by atoms with Gasteiger partial charge in [0.25, 0.3) is 11.1 Å². The zero-order valence-electron chi connectivity index (χ0n) is 25.5. The molecule has 0 aliphatic rings. The fourth-order valence-corrected chi connectivity index (χ4v) is 4.85. The normalized spacial score (nSPS) is 10.6. The van der Waals surface area contributed by atoms with Gasteiger partial charge in [-0.15, -0.1) is 0 Å². The van der Waals surface area contributed by atoms with Gasteiger partial charge in [-0.05, 0) is 52.7 Å². The lowest BCUT2D eigenvalue weighted by Crippen LogP contribution is -2.20. The molecule has 0 atom stereocenters. The van der Waals surface area contributed by atoms with Crippen molar-refractivity contribution in [1.82, 2.24) is 9.13 Å². The number of hydrogen-bond acceptors (Lipinski definition) is 7. The zero-order valence-corrected chi connectivity index (χ0v) is 25.5. The minimum Gasteiger partial charge on any atom is -0.478 e. The van der Waals surface area contributed by atoms with Crippen LogP contribution in [0.1, 0.15) is 27.6 Å². The third-order valence-corrected chi connectivity index (χ3v) is 7.24. The van der Waals surface area contributed by atoms with Crippen molar-refractivity contribution in [2.24, 2.45) is 14.1 Å². The summed E-state index contributed by atoms with van der Waals surface area (Å²) in [6.07, 6.45) is 2.80. The molecule has 2 heterocycles. The second-order valence-electron chi connectivity index (χ2n) is 10.5. The van der Waals surface area contributed by atoms with Gasteiger partial charge in [-0.1, -0.05) is 60.7 Å². The summed E-state index contributed by atoms with van der Waals surface area (Å²) in [6, 6.07) is 30.1. The number of benzene rings is 4. The maximum atomic E-state index is 12.2. The average Bonchev–Trinajstić information content (AvgIpc) is 3.04. The molecule has 2 aromatic heterocycles. The molecule has 10 nitrogen and oxygen atoms in total. The highest BCUT2D eigenvalue weighted by Crippen LogP contribution is 2.25. The number of aromatic carboxylic acids is 1. The van der Waals surface area contributed by atoms with Crippen LogP contribution in [-0.2, 0) is 18.8 Å². The summed E-state index contributed by atoms with van der Waals surface area (Å²) in [5.74, 6) is -1.55. The second-order valence-corrected chi connectivity index (χ2v) is 10.5. The molecule has 10 heteroatoms. The molecule has 6 rings (SSSR count). The molecule has 0 saturated carbocycles. The molecule has 0 spiro atoms. The van der Waals surface area contributed by atoms with E-state index in [2.05, 4.69) is 10.6 Å². The Bertz CT molecular complexity index is 2200. The number of fused-ring (bicyclic) bond motifs is 2. The molecule has 0 aliphatic heterocycles. The number of nitrogens with one attached hydrogen (secondary N) is 2. The van der Waals surface area contributed by atoms with Crippen LogP contribution in [0.2, 0.25) is 0 Å². The fourth-order valence-electron chi connectivity index (χ4n) is 4.85. The van der Waals surface area contributed by atoms with E-state index in [4.69, 9.17) is 4.74 Å². The Balaban J connectivity index is 0.000000182. The molecule has 0 saturated heterocycles. The van der Waals surface area contributed by atoms with E-state index in [-0.39, 0.29) is 29.0 Å². The first-order valence-electron chi connectivity index (χ1n) is 14.5. The summed E-state index contributed by atoms with van der Waals surface area (Å²) in [7, 11) is 3.12. The van der Waals surface area contributed by atoms with E-state index in [1.807, 2.05) is 84.9 Å². The number of aryl methyl sites for hydroxylation is 2. The minimum atomic E-state index is -1.08. The number of rotatable bonds is 7. The van der Waals surface area contributed by atoms with Gasteiger partial charge in [0.15, 0.2) is 0 Å². The molecule has 232 valence electrons. The third kappa shape index (κ3) is 7.13. The SMILES string of the molecule is CCOC(=O)c1cn(C)c(=O)cc1Nc1ccc2ccccc2c1.Cn1cc(C(=O)O)c(Nc2ccc3ccccc3c2)cc1=O. The van der Waals surface area contributed by atoms with E-state index in [1.165, 1.54) is 40.7 Å². The number of ether oxygens (including phenoxy) is 1. The van der Waals surface area contributed by atoms with Gasteiger partial charge >= 0.3 is 11.9 Å². The molecular formula is C36H32N4O6. The van der Waals surface area contributed by atoms with Gasteiger partial charge in [0.2, 0.25) is 0 Å². The highest BCUT2D eigenvalue weighted by Gasteiger charge is 2.15. The van der Waals surface area contributed by atoms with Crippen LogP contribution in [0.4, 0.5) is 22.7 Å². The Hall–Kier alpha value is -6.16. The van der Waals surface area contributed by atoms with Crippen LogP contribution < -0.4 is 21.8 Å². The predicted molar refractivity (Wildman–Crippen MR) is 181 cm³/mol. The highest BCUT2D eigenvalue weighted by atomic mass is 16.5. The van der Waals surface area contributed by atoms with E-state index in [1.54, 1.807) is 14.0 Å². The molecular weight excluding hydrogens is 584 g/mol. The summed E-state index contributed by atoms with van der Waals surface area (Å²) in [6.45, 7) is 2.02. The van der Waals surface area contributed by atoms with E-state index in [0.29, 0.717) is 11.3 Å². The summed E-state index contributed by atoms with van der Waals surface area (Å²) in [5, 5.41) is 19.8. The van der Waals surface area contributed by atoms with Gasteiger partial charge in [0, 0.05) is 50.0 Å². The van der Waals surface area contributed by atoms with Gasteiger partial charge in [-0.2, -0.15) is 0 Å². The Morgan fingerprint density at radius 3 is 1.54 bits per heavy atom. The molecule has 0 aliphatic carbocycles. The summed E-state index contributed by atoms with van der Waals surface area (Å²) < 4.78 is 7.68. The Morgan fingerprint density at radius 1 is 0.652 bits per heavy atom. The minimum absolute atomic E-state index is 0.0512. The number of anilines is 4. The Labute approximate surface area is 264 Å². The average molecular weight is 617 g/mol. The quantitative estimate of drug-likeness (QED) is 0.175. The van der Waals surface area contributed by atoms with E-state index in [0.717, 1.165) is 32.9 Å². The first-order valence-corrected chi connectivity index (χ1v) is 14.5. The number of hydrogen-bond donors (Lipinski definition) is 3. The van der Waals surface area contributed by atoms with Crippen LogP contribution in [0, 0.1) is 0 Å². The van der Waals surface area contributed by atoms with Crippen molar-refractivity contribution >= 4 is 56.2 Å². The van der Waals surface area contributed by atoms with Crippen molar-refractivity contribution < 1.29 is 19.4 Å². The molecule has 0 radical (unpaired) electrons. The molecule has 4 aromatic carbocycles. The van der Waals surface area contributed by atoms with Crippen LogP contribution >= 0.6 is 0 Å². The van der Waals surface area contributed by atoms with E-state index in [9.17, 15) is 24.3 Å². The van der Waals surface area contributed by atoms with Crippen LogP contribution in [0.15, 0.2) is 119 Å². The van der Waals surface area contributed by atoms with Crippen molar-refractivity contribution in [3.63, 3.8) is 0 Å². The van der Waals surface area contributed by atoms with Crippen molar-refractivity contribution in [1.29, 1.82) is 0 Å². The van der Waals surface area contributed by atoms with E-state index < -0.39 is 11.9 Å². The van der Waals surface area contributed by atoms with Crippen LogP contribution in [-0.4, -0.2) is 32.8 Å². The van der Waals surface area contributed by atoms with E-state index >= 15 is 0 Å². The van der Waals surface area contributed by atoms with Gasteiger partial charge in [-0.3, -0.25) is 9.59 Å². The molecule has 0 unspecified atom stereocenters. The third-order valence-electron chi connectivity index (χ3n) is 7.24. The van der Waals surface area contributed by atoms with Crippen LogP contribution in [0.3, 0.4) is 0 Å². The number of esters is 1. The first-order chi connectivity index (χ1) is 22.1. The Kier molecular flexibility index (Phi) is 9.28. The summed E-state index contributed by atoms with van der Waals surface area (Å²) in [4.78, 5) is 47.2.